The Morgan fingerprint density at radius 3 is 2.09 bits per heavy atom. The van der Waals surface area contributed by atoms with Crippen LogP contribution in [0.3, 0.4) is 0 Å². The summed E-state index contributed by atoms with van der Waals surface area (Å²) in [4.78, 5) is 1.31. The van der Waals surface area contributed by atoms with Crippen LogP contribution in [0.5, 0.6) is 0 Å². The van der Waals surface area contributed by atoms with Gasteiger partial charge in [0, 0.05) is 0 Å². The fraction of sp³-hybridized carbons (Fsp3) is 0.750. The number of nitrogens with one attached hydrogen (secondary N) is 1. The minimum absolute atomic E-state index is 0.200. The second-order valence-corrected chi connectivity index (χ2v) is 5.03. The zero-order valence-corrected chi connectivity index (χ0v) is 8.80. The molecule has 0 radical (unpaired) electrons. The quantitative estimate of drug-likeness (QED) is 0.393. The summed E-state index contributed by atoms with van der Waals surface area (Å²) in [6, 6.07) is 0. The standard InChI is InChI=1S/C4H12B5NS/c1-11-2-9-3(5,6)4(7,8)10-2/h10H,5-8H2,1H3. The Kier molecular flexibility index (Phi) is 2.30. The molecule has 1 aliphatic heterocycles. The second-order valence-electron chi connectivity index (χ2n) is 4.18. The van der Waals surface area contributed by atoms with E-state index in [1.807, 2.05) is 0 Å². The molecule has 0 bridgehead atoms. The van der Waals surface area contributed by atoms with Gasteiger partial charge in [-0.2, -0.15) is 0 Å². The summed E-state index contributed by atoms with van der Waals surface area (Å²) in [6.07, 6.45) is 2.11. The Hall–Kier alpha value is 0.345. The van der Waals surface area contributed by atoms with Crippen molar-refractivity contribution in [2.24, 2.45) is 0 Å². The summed E-state index contributed by atoms with van der Waals surface area (Å²) in [5, 5.41) is 3.96. The fourth-order valence-electron chi connectivity index (χ4n) is 1.12. The molecule has 1 N–H and O–H groups in total. The third kappa shape index (κ3) is 1.58. The van der Waals surface area contributed by atoms with Crippen molar-refractivity contribution in [2.75, 3.05) is 6.26 Å². The minimum atomic E-state index is 0.200. The van der Waals surface area contributed by atoms with Gasteiger partial charge in [0.05, 0.1) is 0 Å². The van der Waals surface area contributed by atoms with E-state index < -0.39 is 0 Å². The molecule has 0 saturated heterocycles. The van der Waals surface area contributed by atoms with Gasteiger partial charge >= 0.3 is 77.0 Å². The van der Waals surface area contributed by atoms with E-state index in [1.165, 1.54) is 4.92 Å². The normalized spacial score (nSPS) is 25.0. The van der Waals surface area contributed by atoms with Crippen LogP contribution < -0.4 is 5.32 Å². The Morgan fingerprint density at radius 2 is 1.91 bits per heavy atom. The molecule has 1 aliphatic rings. The molecule has 0 amide bonds. The van der Waals surface area contributed by atoms with E-state index in [0.717, 1.165) is 0 Å². The zero-order valence-electron chi connectivity index (χ0n) is 7.99. The van der Waals surface area contributed by atoms with Gasteiger partial charge in [-0.3, -0.25) is 0 Å². The predicted molar refractivity (Wildman–Crippen MR) is 67.0 cm³/mol. The monoisotopic (exact) mass is 161 g/mol. The second kappa shape index (κ2) is 2.68. The van der Waals surface area contributed by atoms with Gasteiger partial charge in [0.25, 0.3) is 0 Å². The van der Waals surface area contributed by atoms with Crippen molar-refractivity contribution in [3.8, 4) is 0 Å². The molecule has 7 heteroatoms. The van der Waals surface area contributed by atoms with E-state index in [4.69, 9.17) is 0 Å². The van der Waals surface area contributed by atoms with E-state index in [0.29, 0.717) is 0 Å². The van der Waals surface area contributed by atoms with E-state index in [9.17, 15) is 0 Å². The topological polar surface area (TPSA) is 12.0 Å². The molecule has 0 aromatic rings. The molecule has 0 aromatic carbocycles. The van der Waals surface area contributed by atoms with Gasteiger partial charge in [-0.1, -0.05) is 0 Å². The number of thioether (sulfide) groups is 1. The third-order valence-electron chi connectivity index (χ3n) is 2.76. The van der Waals surface area contributed by atoms with Crippen LogP contribution >= 0.6 is 11.8 Å². The van der Waals surface area contributed by atoms with Gasteiger partial charge in [-0.25, -0.2) is 0 Å². The van der Waals surface area contributed by atoms with Gasteiger partial charge in [-0.05, 0) is 0 Å². The summed E-state index contributed by atoms with van der Waals surface area (Å²) in [6.45, 7) is 2.32. The van der Waals surface area contributed by atoms with Crippen LogP contribution in [0.25, 0.3) is 0 Å². The SMILES string of the molecule is BC1(B)B=C(SC)NC1(B)B. The van der Waals surface area contributed by atoms with Crippen LogP contribution in [0.15, 0.2) is 0 Å². The van der Waals surface area contributed by atoms with Gasteiger partial charge in [0.15, 0.2) is 0 Å². The Balaban J connectivity index is 2.87. The summed E-state index contributed by atoms with van der Waals surface area (Å²) in [5.41, 5.74) is 0. The Labute approximate surface area is 77.4 Å². The molecule has 1 heterocycles. The molecule has 1 rings (SSSR count). The van der Waals surface area contributed by atoms with Crippen LogP contribution in [0.1, 0.15) is 0 Å². The molecule has 0 unspecified atom stereocenters. The maximum atomic E-state index is 3.49. The number of hydrogen-bond donors (Lipinski definition) is 1. The van der Waals surface area contributed by atoms with Gasteiger partial charge < -0.3 is 0 Å². The molecular formula is C4H12B5NS. The van der Waals surface area contributed by atoms with Crippen molar-refractivity contribution >= 4 is 55.0 Å². The molecule has 0 saturated carbocycles. The maximum absolute atomic E-state index is 3.49. The van der Waals surface area contributed by atoms with E-state index >= 15 is 0 Å². The van der Waals surface area contributed by atoms with Crippen molar-refractivity contribution in [3.05, 3.63) is 0 Å². The molecule has 0 spiro atoms. The molecule has 1 nitrogen and oxygen atoms in total. The Bertz CT molecular complexity index is 201. The van der Waals surface area contributed by atoms with Crippen LogP contribution in [-0.4, -0.2) is 54.8 Å². The first-order chi connectivity index (χ1) is 4.89. The van der Waals surface area contributed by atoms with E-state index in [2.05, 4.69) is 49.9 Å². The number of rotatable bonds is 1. The summed E-state index contributed by atoms with van der Waals surface area (Å²) >= 11 is 1.79. The molecule has 0 aromatic heterocycles. The van der Waals surface area contributed by atoms with Crippen LogP contribution in [-0.2, 0) is 0 Å². The first-order valence-corrected chi connectivity index (χ1v) is 5.16. The van der Waals surface area contributed by atoms with Crippen LogP contribution in [0.4, 0.5) is 0 Å². The van der Waals surface area contributed by atoms with Crippen molar-refractivity contribution in [1.29, 1.82) is 0 Å². The molecule has 0 fully saturated rings. The summed E-state index contributed by atoms with van der Waals surface area (Å²) in [7, 11) is 9.02. The summed E-state index contributed by atoms with van der Waals surface area (Å²) < 4.78 is 0. The molecule has 0 atom stereocenters. The van der Waals surface area contributed by atoms with Gasteiger partial charge in [0.1, 0.15) is 0 Å². The molecule has 0 aliphatic carbocycles. The first kappa shape index (κ1) is 9.43. The van der Waals surface area contributed by atoms with Crippen molar-refractivity contribution < 1.29 is 0 Å². The van der Waals surface area contributed by atoms with E-state index in [-0.39, 0.29) is 10.5 Å². The molecule has 11 heavy (non-hydrogen) atoms. The average molecular weight is 160 g/mol. The fourth-order valence-corrected chi connectivity index (χ4v) is 1.89. The van der Waals surface area contributed by atoms with Crippen LogP contribution in [0, 0.1) is 0 Å². The van der Waals surface area contributed by atoms with Crippen LogP contribution in [0.2, 0.25) is 5.11 Å². The van der Waals surface area contributed by atoms with E-state index in [1.54, 1.807) is 11.8 Å². The van der Waals surface area contributed by atoms with Crippen molar-refractivity contribution in [2.45, 2.75) is 10.5 Å². The number of hydrogen-bond acceptors (Lipinski definition) is 2. The zero-order chi connectivity index (χ0) is 8.70. The molecular weight excluding hydrogens is 148 g/mol. The first-order valence-electron chi connectivity index (χ1n) is 3.94. The third-order valence-corrected chi connectivity index (χ3v) is 3.42. The molecule has 54 valence electrons. The average Bonchev–Trinajstić information content (AvgIpc) is 2.03. The van der Waals surface area contributed by atoms with Gasteiger partial charge in [-0.15, -0.1) is 0 Å². The summed E-state index contributed by atoms with van der Waals surface area (Å²) in [5.74, 6) is 0. The predicted octanol–water partition coefficient (Wildman–Crippen LogP) is -4.00. The van der Waals surface area contributed by atoms with Gasteiger partial charge in [0.2, 0.25) is 0 Å². The Morgan fingerprint density at radius 1 is 1.36 bits per heavy atom. The van der Waals surface area contributed by atoms with Crippen molar-refractivity contribution in [3.63, 3.8) is 0 Å². The van der Waals surface area contributed by atoms with Crippen molar-refractivity contribution in [1.82, 2.24) is 5.32 Å².